The molecule has 1 aliphatic heterocycles. The Morgan fingerprint density at radius 1 is 0.675 bits per heavy atom. The Hall–Kier alpha value is -2.49. The molecule has 0 aliphatic carbocycles. The van der Waals surface area contributed by atoms with Gasteiger partial charge in [0.15, 0.2) is 17.3 Å². The van der Waals surface area contributed by atoms with E-state index in [-0.39, 0.29) is 17.3 Å². The maximum Gasteiger partial charge on any atom is 0.157 e. The molecule has 0 bridgehead atoms. The Balaban J connectivity index is 2.65. The summed E-state index contributed by atoms with van der Waals surface area (Å²) in [5, 5.41) is 10.0. The second kappa shape index (κ2) is 21.3. The van der Waals surface area contributed by atoms with Crippen LogP contribution in [-0.4, -0.2) is 113 Å². The molecule has 1 heterocycles. The van der Waals surface area contributed by atoms with E-state index < -0.39 is 0 Å². The molecule has 0 spiro atoms. The molecule has 1 aliphatic rings. The van der Waals surface area contributed by atoms with Crippen LogP contribution in [0, 0.1) is 0 Å². The normalized spacial score (nSPS) is 15.2. The Morgan fingerprint density at radius 2 is 1.23 bits per heavy atom. The minimum atomic E-state index is -0.0219. The van der Waals surface area contributed by atoms with Gasteiger partial charge >= 0.3 is 0 Å². The number of nitrogens with zero attached hydrogens (tertiary/aromatic N) is 3. The molecule has 3 N–H and O–H groups in total. The molecule has 9 nitrogen and oxygen atoms in total. The van der Waals surface area contributed by atoms with Gasteiger partial charge in [0.1, 0.15) is 0 Å². The first kappa shape index (κ1) is 35.5. The quantitative estimate of drug-likeness (QED) is 0.129. The van der Waals surface area contributed by atoms with E-state index in [1.54, 1.807) is 18.2 Å². The van der Waals surface area contributed by atoms with Crippen LogP contribution in [0.15, 0.2) is 35.3 Å². The molecule has 1 rings (SSSR count). The molecule has 0 aromatic rings. The standard InChI is InChI=1S/C31H56N6O3/c1-26(32-17-22-36(5)6)23-30(39)13-12-29(34-15-9-18-35(3)4)25-31(40)14-11-28(24-27(2)38)33-16-10-21-37-19-7-8-20-37/h23-25,32-34H,7-22H2,1-6H3/b26-23-,28-24-,29-25-. The largest absolute Gasteiger partial charge is 0.388 e. The fraction of sp³-hybridized carbons (Fsp3) is 0.710. The molecular weight excluding hydrogens is 504 g/mol. The zero-order valence-electron chi connectivity index (χ0n) is 26.1. The zero-order chi connectivity index (χ0) is 29.8. The van der Waals surface area contributed by atoms with Gasteiger partial charge in [0.25, 0.3) is 0 Å². The van der Waals surface area contributed by atoms with Crippen molar-refractivity contribution in [2.24, 2.45) is 0 Å². The van der Waals surface area contributed by atoms with Gasteiger partial charge < -0.3 is 30.7 Å². The molecule has 1 fully saturated rings. The van der Waals surface area contributed by atoms with E-state index in [1.807, 2.05) is 35.1 Å². The Labute approximate surface area is 243 Å². The third-order valence-corrected chi connectivity index (χ3v) is 6.67. The van der Waals surface area contributed by atoms with Gasteiger partial charge in [0.2, 0.25) is 0 Å². The maximum absolute atomic E-state index is 12.9. The van der Waals surface area contributed by atoms with Crippen molar-refractivity contribution in [3.05, 3.63) is 35.3 Å². The molecule has 0 aromatic carbocycles. The number of ketones is 3. The van der Waals surface area contributed by atoms with E-state index >= 15 is 0 Å². The lowest BCUT2D eigenvalue weighted by atomic mass is 10.1. The van der Waals surface area contributed by atoms with Gasteiger partial charge in [-0.05, 0) is 119 Å². The molecule has 40 heavy (non-hydrogen) atoms. The average molecular weight is 561 g/mol. The summed E-state index contributed by atoms with van der Waals surface area (Å²) in [6.07, 6.45) is 11.0. The first-order chi connectivity index (χ1) is 19.0. The lowest BCUT2D eigenvalue weighted by Crippen LogP contribution is -2.25. The summed E-state index contributed by atoms with van der Waals surface area (Å²) in [6.45, 7) is 11.0. The van der Waals surface area contributed by atoms with Gasteiger partial charge in [0, 0.05) is 62.2 Å². The number of carbonyl (C=O) groups is 3. The SMILES string of the molecule is CC(=O)/C=C(/CCC(=O)/C=C(/CCC(=O)/C=C(/C)NCCN(C)C)NCCCN(C)C)NCCCN1CCCC1. The highest BCUT2D eigenvalue weighted by molar-refractivity contribution is 5.92. The molecule has 1 saturated heterocycles. The second-order valence-electron chi connectivity index (χ2n) is 11.4. The predicted octanol–water partition coefficient (Wildman–Crippen LogP) is 2.71. The average Bonchev–Trinajstić information content (AvgIpc) is 3.38. The van der Waals surface area contributed by atoms with Gasteiger partial charge in [-0.25, -0.2) is 0 Å². The Bertz CT molecular complexity index is 857. The highest BCUT2D eigenvalue weighted by Crippen LogP contribution is 2.10. The van der Waals surface area contributed by atoms with Gasteiger partial charge in [-0.15, -0.1) is 0 Å². The van der Waals surface area contributed by atoms with E-state index in [0.29, 0.717) is 25.7 Å². The third kappa shape index (κ3) is 19.6. The summed E-state index contributed by atoms with van der Waals surface area (Å²) in [4.78, 5) is 43.9. The number of carbonyl (C=O) groups excluding carboxylic acids is 3. The van der Waals surface area contributed by atoms with Gasteiger partial charge in [-0.3, -0.25) is 14.4 Å². The van der Waals surface area contributed by atoms with Gasteiger partial charge in [-0.2, -0.15) is 0 Å². The number of hydrogen-bond donors (Lipinski definition) is 3. The molecular formula is C31H56N6O3. The van der Waals surface area contributed by atoms with Crippen molar-refractivity contribution < 1.29 is 14.4 Å². The summed E-state index contributed by atoms with van der Waals surface area (Å²) >= 11 is 0. The van der Waals surface area contributed by atoms with E-state index in [4.69, 9.17) is 0 Å². The van der Waals surface area contributed by atoms with Crippen LogP contribution >= 0.6 is 0 Å². The molecule has 0 saturated carbocycles. The summed E-state index contributed by atoms with van der Waals surface area (Å²) in [6, 6.07) is 0. The Morgan fingerprint density at radius 3 is 1.80 bits per heavy atom. The molecule has 228 valence electrons. The summed E-state index contributed by atoms with van der Waals surface area (Å²) in [7, 11) is 8.10. The minimum Gasteiger partial charge on any atom is -0.388 e. The van der Waals surface area contributed by atoms with Crippen molar-refractivity contribution in [3.63, 3.8) is 0 Å². The van der Waals surface area contributed by atoms with Crippen LogP contribution in [0.4, 0.5) is 0 Å². The smallest absolute Gasteiger partial charge is 0.157 e. The molecule has 0 atom stereocenters. The fourth-order valence-corrected chi connectivity index (χ4v) is 4.49. The molecule has 0 aromatic heterocycles. The third-order valence-electron chi connectivity index (χ3n) is 6.67. The molecule has 0 unspecified atom stereocenters. The number of allylic oxidation sites excluding steroid dienone is 6. The van der Waals surface area contributed by atoms with Crippen molar-refractivity contribution in [2.75, 3.05) is 80.5 Å². The lowest BCUT2D eigenvalue weighted by molar-refractivity contribution is -0.115. The second-order valence-corrected chi connectivity index (χ2v) is 11.4. The van der Waals surface area contributed by atoms with Crippen molar-refractivity contribution in [1.29, 1.82) is 0 Å². The highest BCUT2D eigenvalue weighted by Gasteiger charge is 2.11. The van der Waals surface area contributed by atoms with E-state index in [9.17, 15) is 14.4 Å². The Kier molecular flexibility index (Phi) is 18.9. The zero-order valence-corrected chi connectivity index (χ0v) is 26.1. The molecule has 0 radical (unpaired) electrons. The van der Waals surface area contributed by atoms with Crippen LogP contribution < -0.4 is 16.0 Å². The first-order valence-electron chi connectivity index (χ1n) is 14.9. The number of rotatable bonds is 23. The van der Waals surface area contributed by atoms with E-state index in [1.165, 1.54) is 32.9 Å². The number of hydrogen-bond acceptors (Lipinski definition) is 9. The van der Waals surface area contributed by atoms with Crippen LogP contribution in [0.1, 0.15) is 65.2 Å². The topological polar surface area (TPSA) is 97.0 Å². The monoisotopic (exact) mass is 560 g/mol. The van der Waals surface area contributed by atoms with Crippen LogP contribution in [-0.2, 0) is 14.4 Å². The fourth-order valence-electron chi connectivity index (χ4n) is 4.49. The predicted molar refractivity (Wildman–Crippen MR) is 165 cm³/mol. The summed E-state index contributed by atoms with van der Waals surface area (Å²) in [5.74, 6) is 0.00685. The van der Waals surface area contributed by atoms with Crippen LogP contribution in [0.3, 0.4) is 0 Å². The first-order valence-corrected chi connectivity index (χ1v) is 14.9. The van der Waals surface area contributed by atoms with Crippen molar-refractivity contribution in [3.8, 4) is 0 Å². The van der Waals surface area contributed by atoms with Gasteiger partial charge in [-0.1, -0.05) is 0 Å². The van der Waals surface area contributed by atoms with Gasteiger partial charge in [0.05, 0.1) is 0 Å². The van der Waals surface area contributed by atoms with Crippen molar-refractivity contribution in [1.82, 2.24) is 30.7 Å². The molecule has 0 amide bonds. The van der Waals surface area contributed by atoms with Crippen LogP contribution in [0.5, 0.6) is 0 Å². The number of nitrogens with one attached hydrogen (secondary N) is 3. The van der Waals surface area contributed by atoms with Crippen LogP contribution in [0.25, 0.3) is 0 Å². The minimum absolute atomic E-state index is 0.00653. The maximum atomic E-state index is 12.9. The number of likely N-dealkylation sites (tertiary alicyclic amines) is 1. The van der Waals surface area contributed by atoms with E-state index in [2.05, 4.69) is 30.7 Å². The van der Waals surface area contributed by atoms with Crippen LogP contribution in [0.2, 0.25) is 0 Å². The van der Waals surface area contributed by atoms with E-state index in [0.717, 1.165) is 69.2 Å². The number of likely N-dealkylation sites (N-methyl/N-ethyl adjacent to an activating group) is 1. The summed E-state index contributed by atoms with van der Waals surface area (Å²) < 4.78 is 0. The van der Waals surface area contributed by atoms with Crippen molar-refractivity contribution in [2.45, 2.75) is 65.2 Å². The van der Waals surface area contributed by atoms with Crippen molar-refractivity contribution >= 4 is 17.3 Å². The summed E-state index contributed by atoms with van der Waals surface area (Å²) in [5.41, 5.74) is 2.46. The highest BCUT2D eigenvalue weighted by atomic mass is 16.1. The molecule has 9 heteroatoms. The lowest BCUT2D eigenvalue weighted by Gasteiger charge is -2.16.